The molecule has 1 atom stereocenters. The second-order valence-electron chi connectivity index (χ2n) is 3.42. The number of nitrogens with zero attached hydrogens (tertiary/aromatic N) is 1. The molecule has 0 aromatic heterocycles. The van der Waals surface area contributed by atoms with Crippen molar-refractivity contribution in [2.24, 2.45) is 5.73 Å². The number of alkyl halides is 3. The Hall–Kier alpha value is -0.290. The predicted molar refractivity (Wildman–Crippen MR) is 44.3 cm³/mol. The summed E-state index contributed by atoms with van der Waals surface area (Å²) >= 11 is 0. The van der Waals surface area contributed by atoms with Crippen LogP contribution < -0.4 is 5.73 Å². The van der Waals surface area contributed by atoms with Crippen LogP contribution in [0.4, 0.5) is 13.2 Å². The van der Waals surface area contributed by atoms with E-state index in [2.05, 4.69) is 0 Å². The highest BCUT2D eigenvalue weighted by Gasteiger charge is 2.32. The number of likely N-dealkylation sites (tertiary alicyclic amines) is 1. The molecule has 1 unspecified atom stereocenters. The first-order valence-electron chi connectivity index (χ1n) is 4.54. The third-order valence-electron chi connectivity index (χ3n) is 2.45. The molecule has 1 heterocycles. The minimum absolute atomic E-state index is 0.133. The van der Waals surface area contributed by atoms with Gasteiger partial charge in [0.1, 0.15) is 0 Å². The molecule has 1 fully saturated rings. The molecule has 0 radical (unpaired) electrons. The van der Waals surface area contributed by atoms with Gasteiger partial charge in [0.05, 0.1) is 6.42 Å². The fraction of sp³-hybridized carbons (Fsp3) is 1.00. The first-order valence-corrected chi connectivity index (χ1v) is 4.54. The van der Waals surface area contributed by atoms with Gasteiger partial charge in [0.15, 0.2) is 0 Å². The Labute approximate surface area is 75.9 Å². The molecule has 0 bridgehead atoms. The SMILES string of the molecule is NCCC1CCN1CCC(F)(F)F. The van der Waals surface area contributed by atoms with Crippen molar-refractivity contribution < 1.29 is 13.2 Å². The third kappa shape index (κ3) is 3.52. The summed E-state index contributed by atoms with van der Waals surface area (Å²) < 4.78 is 35.5. The van der Waals surface area contributed by atoms with Gasteiger partial charge in [0.2, 0.25) is 0 Å². The van der Waals surface area contributed by atoms with Crippen molar-refractivity contribution in [3.8, 4) is 0 Å². The maximum absolute atomic E-state index is 11.8. The van der Waals surface area contributed by atoms with Crippen LogP contribution in [0.1, 0.15) is 19.3 Å². The normalized spacial score (nSPS) is 24.5. The van der Waals surface area contributed by atoms with E-state index < -0.39 is 12.6 Å². The summed E-state index contributed by atoms with van der Waals surface area (Å²) in [6, 6.07) is 0.298. The average Bonchev–Trinajstić information content (AvgIpc) is 1.96. The van der Waals surface area contributed by atoms with Gasteiger partial charge in [-0.2, -0.15) is 13.2 Å². The van der Waals surface area contributed by atoms with Crippen LogP contribution in [0.15, 0.2) is 0 Å². The van der Waals surface area contributed by atoms with Crippen molar-refractivity contribution in [3.05, 3.63) is 0 Å². The van der Waals surface area contributed by atoms with Gasteiger partial charge in [-0.25, -0.2) is 0 Å². The lowest BCUT2D eigenvalue weighted by atomic mass is 9.99. The van der Waals surface area contributed by atoms with Crippen LogP contribution in [-0.2, 0) is 0 Å². The quantitative estimate of drug-likeness (QED) is 0.735. The van der Waals surface area contributed by atoms with Gasteiger partial charge in [-0.05, 0) is 25.9 Å². The molecule has 0 aromatic rings. The first-order chi connectivity index (χ1) is 6.03. The maximum atomic E-state index is 11.8. The van der Waals surface area contributed by atoms with Crippen LogP contribution in [0.25, 0.3) is 0 Å². The molecular weight excluding hydrogens is 181 g/mol. The zero-order valence-corrected chi connectivity index (χ0v) is 7.48. The fourth-order valence-electron chi connectivity index (χ4n) is 1.58. The number of halogens is 3. The summed E-state index contributed by atoms with van der Waals surface area (Å²) in [7, 11) is 0. The molecule has 1 aliphatic heterocycles. The number of hydrogen-bond donors (Lipinski definition) is 1. The van der Waals surface area contributed by atoms with E-state index in [4.69, 9.17) is 5.73 Å². The summed E-state index contributed by atoms with van der Waals surface area (Å²) in [5.74, 6) is 0. The summed E-state index contributed by atoms with van der Waals surface area (Å²) in [5.41, 5.74) is 5.33. The lowest BCUT2D eigenvalue weighted by molar-refractivity contribution is -0.142. The Morgan fingerprint density at radius 1 is 1.38 bits per heavy atom. The Morgan fingerprint density at radius 2 is 2.08 bits per heavy atom. The number of rotatable bonds is 4. The molecule has 1 saturated heterocycles. The second-order valence-corrected chi connectivity index (χ2v) is 3.42. The molecular formula is C8H15F3N2. The van der Waals surface area contributed by atoms with Gasteiger partial charge in [0.25, 0.3) is 0 Å². The van der Waals surface area contributed by atoms with E-state index in [-0.39, 0.29) is 6.54 Å². The summed E-state index contributed by atoms with van der Waals surface area (Å²) in [4.78, 5) is 1.86. The van der Waals surface area contributed by atoms with Crippen molar-refractivity contribution in [1.82, 2.24) is 4.90 Å². The van der Waals surface area contributed by atoms with Crippen LogP contribution in [0.5, 0.6) is 0 Å². The van der Waals surface area contributed by atoms with Gasteiger partial charge in [-0.1, -0.05) is 0 Å². The Bertz CT molecular complexity index is 158. The molecule has 0 aliphatic carbocycles. The molecule has 1 aliphatic rings. The largest absolute Gasteiger partial charge is 0.390 e. The van der Waals surface area contributed by atoms with Crippen molar-refractivity contribution >= 4 is 0 Å². The smallest absolute Gasteiger partial charge is 0.330 e. The topological polar surface area (TPSA) is 29.3 Å². The molecule has 1 rings (SSSR count). The number of nitrogens with two attached hydrogens (primary N) is 1. The van der Waals surface area contributed by atoms with E-state index in [0.717, 1.165) is 19.4 Å². The molecule has 2 N–H and O–H groups in total. The van der Waals surface area contributed by atoms with Crippen LogP contribution in [0.2, 0.25) is 0 Å². The zero-order chi connectivity index (χ0) is 9.90. The standard InChI is InChI=1S/C8H15F3N2/c9-8(10,11)3-6-13-5-2-7(13)1-4-12/h7H,1-6,12H2. The Kier molecular flexibility index (Phi) is 3.55. The van der Waals surface area contributed by atoms with E-state index in [9.17, 15) is 13.2 Å². The molecule has 78 valence electrons. The average molecular weight is 196 g/mol. The van der Waals surface area contributed by atoms with Crippen molar-refractivity contribution in [3.63, 3.8) is 0 Å². The van der Waals surface area contributed by atoms with E-state index in [0.29, 0.717) is 12.6 Å². The molecule has 2 nitrogen and oxygen atoms in total. The van der Waals surface area contributed by atoms with Gasteiger partial charge in [-0.15, -0.1) is 0 Å². The maximum Gasteiger partial charge on any atom is 0.390 e. The minimum atomic E-state index is -4.02. The fourth-order valence-corrected chi connectivity index (χ4v) is 1.58. The molecule has 0 aromatic carbocycles. The van der Waals surface area contributed by atoms with Gasteiger partial charge < -0.3 is 5.73 Å². The highest BCUT2D eigenvalue weighted by atomic mass is 19.4. The highest BCUT2D eigenvalue weighted by molar-refractivity contribution is 4.83. The van der Waals surface area contributed by atoms with E-state index in [1.54, 1.807) is 0 Å². The molecule has 0 saturated carbocycles. The highest BCUT2D eigenvalue weighted by Crippen LogP contribution is 2.25. The van der Waals surface area contributed by atoms with Gasteiger partial charge >= 0.3 is 6.18 Å². The van der Waals surface area contributed by atoms with Crippen LogP contribution in [0.3, 0.4) is 0 Å². The Balaban J connectivity index is 2.15. The summed E-state index contributed by atoms with van der Waals surface area (Å²) in [5, 5.41) is 0. The van der Waals surface area contributed by atoms with E-state index >= 15 is 0 Å². The monoisotopic (exact) mass is 196 g/mol. The van der Waals surface area contributed by atoms with E-state index in [1.165, 1.54) is 0 Å². The summed E-state index contributed by atoms with van der Waals surface area (Å²) in [6.07, 6.45) is -2.91. The number of hydrogen-bond acceptors (Lipinski definition) is 2. The molecule has 13 heavy (non-hydrogen) atoms. The van der Waals surface area contributed by atoms with Gasteiger partial charge in [-0.3, -0.25) is 4.90 Å². The van der Waals surface area contributed by atoms with Crippen molar-refractivity contribution in [1.29, 1.82) is 0 Å². The molecule has 0 spiro atoms. The second kappa shape index (κ2) is 4.28. The van der Waals surface area contributed by atoms with Crippen molar-refractivity contribution in [2.45, 2.75) is 31.5 Å². The van der Waals surface area contributed by atoms with Crippen molar-refractivity contribution in [2.75, 3.05) is 19.6 Å². The minimum Gasteiger partial charge on any atom is -0.330 e. The molecule has 0 amide bonds. The lowest BCUT2D eigenvalue weighted by Gasteiger charge is -2.41. The van der Waals surface area contributed by atoms with Crippen LogP contribution in [0, 0.1) is 0 Å². The van der Waals surface area contributed by atoms with Crippen LogP contribution >= 0.6 is 0 Å². The predicted octanol–water partition coefficient (Wildman–Crippen LogP) is 1.36. The Morgan fingerprint density at radius 3 is 2.46 bits per heavy atom. The summed E-state index contributed by atoms with van der Waals surface area (Å²) in [6.45, 7) is 1.49. The first kappa shape index (κ1) is 10.8. The van der Waals surface area contributed by atoms with E-state index in [1.807, 2.05) is 4.90 Å². The molecule has 5 heteroatoms. The van der Waals surface area contributed by atoms with Gasteiger partial charge in [0, 0.05) is 12.6 Å². The third-order valence-corrected chi connectivity index (χ3v) is 2.45. The van der Waals surface area contributed by atoms with Crippen LogP contribution in [-0.4, -0.2) is 36.8 Å². The zero-order valence-electron chi connectivity index (χ0n) is 7.48. The lowest BCUT2D eigenvalue weighted by Crippen LogP contribution is -2.49.